The molecule has 0 atom stereocenters. The van der Waals surface area contributed by atoms with Gasteiger partial charge in [-0.3, -0.25) is 0 Å². The van der Waals surface area contributed by atoms with E-state index in [0.29, 0.717) is 5.56 Å². The van der Waals surface area contributed by atoms with Gasteiger partial charge in [-0.15, -0.1) is 0 Å². The van der Waals surface area contributed by atoms with Crippen LogP contribution in [0.1, 0.15) is 5.56 Å². The van der Waals surface area contributed by atoms with Crippen LogP contribution in [0.3, 0.4) is 0 Å². The van der Waals surface area contributed by atoms with Crippen LogP contribution in [-0.4, -0.2) is 0 Å². The van der Waals surface area contributed by atoms with Crippen molar-refractivity contribution in [3.05, 3.63) is 52.5 Å². The second-order valence-electron chi connectivity index (χ2n) is 3.42. The average Bonchev–Trinajstić information content (AvgIpc) is 2.35. The maximum Gasteiger partial charge on any atom is 0.0991 e. The summed E-state index contributed by atoms with van der Waals surface area (Å²) >= 11 is 4.98. The summed E-state index contributed by atoms with van der Waals surface area (Å²) in [7, 11) is 0. The summed E-state index contributed by atoms with van der Waals surface area (Å²) in [5, 5.41) is 8.71. The fourth-order valence-electron chi connectivity index (χ4n) is 1.32. The summed E-state index contributed by atoms with van der Waals surface area (Å²) in [6.45, 7) is 0. The number of nitrogen functional groups attached to an aromatic ring is 1. The molecule has 4 heteroatoms. The lowest BCUT2D eigenvalue weighted by Crippen LogP contribution is -1.86. The Morgan fingerprint density at radius 3 is 2.29 bits per heavy atom. The number of halogens is 1. The zero-order valence-corrected chi connectivity index (χ0v) is 11.3. The molecule has 2 rings (SSSR count). The number of hydrogen-bond acceptors (Lipinski definition) is 3. The number of hydrogen-bond donors (Lipinski definition) is 1. The summed E-state index contributed by atoms with van der Waals surface area (Å²) < 4.78 is 0.904. The van der Waals surface area contributed by atoms with Crippen LogP contribution in [0.25, 0.3) is 0 Å². The van der Waals surface area contributed by atoms with Crippen molar-refractivity contribution >= 4 is 33.4 Å². The SMILES string of the molecule is N#Cc1ccc(Sc2ccc(Br)c(N)c2)cc1. The van der Waals surface area contributed by atoms with E-state index < -0.39 is 0 Å². The van der Waals surface area contributed by atoms with Crippen LogP contribution >= 0.6 is 27.7 Å². The first-order chi connectivity index (χ1) is 8.19. The van der Waals surface area contributed by atoms with E-state index in [1.807, 2.05) is 42.5 Å². The first-order valence-corrected chi connectivity index (χ1v) is 6.53. The van der Waals surface area contributed by atoms with Gasteiger partial charge < -0.3 is 5.73 Å². The van der Waals surface area contributed by atoms with Gasteiger partial charge in [-0.25, -0.2) is 0 Å². The second kappa shape index (κ2) is 5.26. The molecule has 0 heterocycles. The van der Waals surface area contributed by atoms with Crippen LogP contribution in [0.2, 0.25) is 0 Å². The molecule has 0 fully saturated rings. The molecular formula is C13H9BrN2S. The van der Waals surface area contributed by atoms with E-state index in [1.165, 1.54) is 0 Å². The Hall–Kier alpha value is -1.44. The molecule has 0 aromatic heterocycles. The molecule has 84 valence electrons. The summed E-state index contributed by atoms with van der Waals surface area (Å²) in [5.41, 5.74) is 7.21. The lowest BCUT2D eigenvalue weighted by Gasteiger charge is -2.04. The van der Waals surface area contributed by atoms with E-state index in [9.17, 15) is 0 Å². The van der Waals surface area contributed by atoms with Crippen molar-refractivity contribution in [3.63, 3.8) is 0 Å². The highest BCUT2D eigenvalue weighted by molar-refractivity contribution is 9.10. The third kappa shape index (κ3) is 3.02. The Morgan fingerprint density at radius 2 is 1.71 bits per heavy atom. The molecule has 0 saturated carbocycles. The molecule has 0 spiro atoms. The maximum atomic E-state index is 8.71. The first-order valence-electron chi connectivity index (χ1n) is 4.92. The van der Waals surface area contributed by atoms with Gasteiger partial charge >= 0.3 is 0 Å². The maximum absolute atomic E-state index is 8.71. The molecule has 2 nitrogen and oxygen atoms in total. The molecule has 2 aromatic rings. The lowest BCUT2D eigenvalue weighted by atomic mass is 10.2. The standard InChI is InChI=1S/C13H9BrN2S/c14-12-6-5-11(7-13(12)16)17-10-3-1-9(8-15)2-4-10/h1-7H,16H2. The number of benzene rings is 2. The smallest absolute Gasteiger partial charge is 0.0991 e. The van der Waals surface area contributed by atoms with Crippen molar-refractivity contribution in [2.75, 3.05) is 5.73 Å². The predicted octanol–water partition coefficient (Wildman–Crippen LogP) is 4.05. The van der Waals surface area contributed by atoms with Crippen LogP contribution in [0.15, 0.2) is 56.7 Å². The van der Waals surface area contributed by atoms with Gasteiger partial charge in [0.05, 0.1) is 11.6 Å². The Labute approximate surface area is 113 Å². The molecule has 17 heavy (non-hydrogen) atoms. The molecule has 0 bridgehead atoms. The Kier molecular flexibility index (Phi) is 3.72. The quantitative estimate of drug-likeness (QED) is 0.851. The molecule has 0 unspecified atom stereocenters. The van der Waals surface area contributed by atoms with E-state index in [1.54, 1.807) is 11.8 Å². The minimum atomic E-state index is 0.671. The summed E-state index contributed by atoms with van der Waals surface area (Å²) in [6.07, 6.45) is 0. The van der Waals surface area contributed by atoms with Gasteiger partial charge in [0.15, 0.2) is 0 Å². The average molecular weight is 305 g/mol. The van der Waals surface area contributed by atoms with Crippen LogP contribution in [0, 0.1) is 11.3 Å². The number of rotatable bonds is 2. The molecule has 0 saturated heterocycles. The highest BCUT2D eigenvalue weighted by Gasteiger charge is 2.01. The molecule has 2 aromatic carbocycles. The second-order valence-corrected chi connectivity index (χ2v) is 5.42. The molecule has 0 radical (unpaired) electrons. The third-order valence-electron chi connectivity index (χ3n) is 2.19. The Balaban J connectivity index is 2.20. The Bertz CT molecular complexity index is 573. The van der Waals surface area contributed by atoms with Crippen LogP contribution < -0.4 is 5.73 Å². The van der Waals surface area contributed by atoms with E-state index in [2.05, 4.69) is 22.0 Å². The fourth-order valence-corrected chi connectivity index (χ4v) is 2.43. The van der Waals surface area contributed by atoms with Gasteiger partial charge in [-0.1, -0.05) is 11.8 Å². The summed E-state index contributed by atoms with van der Waals surface area (Å²) in [4.78, 5) is 2.17. The van der Waals surface area contributed by atoms with E-state index >= 15 is 0 Å². The lowest BCUT2D eigenvalue weighted by molar-refractivity contribution is 1.38. The third-order valence-corrected chi connectivity index (χ3v) is 3.91. The number of nitriles is 1. The molecule has 0 aliphatic heterocycles. The fraction of sp³-hybridized carbons (Fsp3) is 0. The first kappa shape index (κ1) is 12.0. The monoisotopic (exact) mass is 304 g/mol. The van der Waals surface area contributed by atoms with Crippen molar-refractivity contribution in [2.24, 2.45) is 0 Å². The predicted molar refractivity (Wildman–Crippen MR) is 73.8 cm³/mol. The van der Waals surface area contributed by atoms with Crippen molar-refractivity contribution in [1.82, 2.24) is 0 Å². The minimum absolute atomic E-state index is 0.671. The molecule has 0 aliphatic carbocycles. The highest BCUT2D eigenvalue weighted by Crippen LogP contribution is 2.31. The molecule has 0 amide bonds. The number of nitrogens with zero attached hydrogens (tertiary/aromatic N) is 1. The van der Waals surface area contributed by atoms with E-state index in [0.717, 1.165) is 20.0 Å². The molecule has 0 aliphatic rings. The van der Waals surface area contributed by atoms with Crippen molar-refractivity contribution in [3.8, 4) is 6.07 Å². The van der Waals surface area contributed by atoms with Gasteiger partial charge in [0.1, 0.15) is 0 Å². The number of anilines is 1. The normalized spacial score (nSPS) is 9.88. The van der Waals surface area contributed by atoms with Crippen molar-refractivity contribution in [1.29, 1.82) is 5.26 Å². The van der Waals surface area contributed by atoms with Crippen LogP contribution in [-0.2, 0) is 0 Å². The zero-order valence-electron chi connectivity index (χ0n) is 8.85. The van der Waals surface area contributed by atoms with Crippen molar-refractivity contribution in [2.45, 2.75) is 9.79 Å². The highest BCUT2D eigenvalue weighted by atomic mass is 79.9. The van der Waals surface area contributed by atoms with E-state index in [4.69, 9.17) is 11.0 Å². The topological polar surface area (TPSA) is 49.8 Å². The Morgan fingerprint density at radius 1 is 1.06 bits per heavy atom. The van der Waals surface area contributed by atoms with Gasteiger partial charge in [0.2, 0.25) is 0 Å². The largest absolute Gasteiger partial charge is 0.398 e. The van der Waals surface area contributed by atoms with Gasteiger partial charge in [0, 0.05) is 20.0 Å². The minimum Gasteiger partial charge on any atom is -0.398 e. The molecular weight excluding hydrogens is 296 g/mol. The van der Waals surface area contributed by atoms with Crippen molar-refractivity contribution < 1.29 is 0 Å². The van der Waals surface area contributed by atoms with E-state index in [-0.39, 0.29) is 0 Å². The van der Waals surface area contributed by atoms with Crippen LogP contribution in [0.4, 0.5) is 5.69 Å². The number of nitrogens with two attached hydrogens (primary N) is 1. The molecule has 2 N–H and O–H groups in total. The van der Waals surface area contributed by atoms with Gasteiger partial charge in [-0.2, -0.15) is 5.26 Å². The zero-order chi connectivity index (χ0) is 12.3. The van der Waals surface area contributed by atoms with Gasteiger partial charge in [-0.05, 0) is 58.4 Å². The van der Waals surface area contributed by atoms with Gasteiger partial charge in [0.25, 0.3) is 0 Å². The van der Waals surface area contributed by atoms with Crippen LogP contribution in [0.5, 0.6) is 0 Å². The summed E-state index contributed by atoms with van der Waals surface area (Å²) in [6, 6.07) is 15.4. The summed E-state index contributed by atoms with van der Waals surface area (Å²) in [5.74, 6) is 0.